The summed E-state index contributed by atoms with van der Waals surface area (Å²) in [6, 6.07) is 0. The fourth-order valence-corrected chi connectivity index (χ4v) is 1.65. The smallest absolute Gasteiger partial charge is 0.136 e. The molecule has 0 aromatic rings. The van der Waals surface area contributed by atoms with Crippen molar-refractivity contribution in [2.75, 3.05) is 6.54 Å². The normalized spacial score (nSPS) is 12.5. The lowest BCUT2D eigenvalue weighted by Crippen LogP contribution is -2.10. The highest BCUT2D eigenvalue weighted by molar-refractivity contribution is 5.80. The van der Waals surface area contributed by atoms with E-state index >= 15 is 0 Å². The highest BCUT2D eigenvalue weighted by atomic mass is 16.1. The van der Waals surface area contributed by atoms with Crippen LogP contribution in [0.15, 0.2) is 12.2 Å². The van der Waals surface area contributed by atoms with Gasteiger partial charge in [0, 0.05) is 12.8 Å². The van der Waals surface area contributed by atoms with Gasteiger partial charge in [-0.15, -0.1) is 0 Å². The van der Waals surface area contributed by atoms with Gasteiger partial charge >= 0.3 is 0 Å². The van der Waals surface area contributed by atoms with Crippen LogP contribution in [0.5, 0.6) is 0 Å². The van der Waals surface area contributed by atoms with Gasteiger partial charge in [0.05, 0.1) is 0 Å². The van der Waals surface area contributed by atoms with E-state index in [4.69, 9.17) is 5.73 Å². The van der Waals surface area contributed by atoms with Gasteiger partial charge in [0.2, 0.25) is 0 Å². The number of Topliss-reactive ketones (excluding diaryl/α,β-unsaturated/α-hetero) is 1. The number of carbonyl (C=O) groups excluding carboxylic acids is 1. The van der Waals surface area contributed by atoms with Crippen molar-refractivity contribution in [1.82, 2.24) is 0 Å². The van der Waals surface area contributed by atoms with Crippen LogP contribution >= 0.6 is 0 Å². The number of hydrogen-bond donors (Lipinski definition) is 1. The topological polar surface area (TPSA) is 43.1 Å². The van der Waals surface area contributed by atoms with Crippen LogP contribution in [-0.2, 0) is 4.79 Å². The number of hydrogen-bond acceptors (Lipinski definition) is 2. The van der Waals surface area contributed by atoms with E-state index < -0.39 is 0 Å². The van der Waals surface area contributed by atoms with Gasteiger partial charge in [-0.05, 0) is 31.7 Å². The lowest BCUT2D eigenvalue weighted by molar-refractivity contribution is -0.118. The zero-order valence-corrected chi connectivity index (χ0v) is 10.2. The van der Waals surface area contributed by atoms with E-state index in [-0.39, 0.29) is 0 Å². The molecule has 0 saturated heterocycles. The summed E-state index contributed by atoms with van der Waals surface area (Å²) in [5.41, 5.74) is 6.56. The largest absolute Gasteiger partial charge is 0.330 e. The second-order valence-electron chi connectivity index (χ2n) is 4.21. The molecule has 0 aliphatic heterocycles. The van der Waals surface area contributed by atoms with Crippen molar-refractivity contribution in [2.45, 2.75) is 52.4 Å². The van der Waals surface area contributed by atoms with Crippen molar-refractivity contribution in [2.24, 2.45) is 11.7 Å². The van der Waals surface area contributed by atoms with Crippen molar-refractivity contribution in [1.29, 1.82) is 0 Å². The lowest BCUT2D eigenvalue weighted by atomic mass is 9.94. The summed E-state index contributed by atoms with van der Waals surface area (Å²) >= 11 is 0. The zero-order chi connectivity index (χ0) is 11.7. The van der Waals surface area contributed by atoms with Crippen LogP contribution in [-0.4, -0.2) is 12.3 Å². The van der Waals surface area contributed by atoms with Gasteiger partial charge in [-0.3, -0.25) is 4.79 Å². The summed E-state index contributed by atoms with van der Waals surface area (Å²) in [5.74, 6) is 0.950. The molecule has 0 aliphatic rings. The van der Waals surface area contributed by atoms with Crippen LogP contribution in [0, 0.1) is 5.92 Å². The molecule has 88 valence electrons. The van der Waals surface area contributed by atoms with Crippen LogP contribution in [0.3, 0.4) is 0 Å². The molecule has 2 N–H and O–H groups in total. The molecular formula is C13H25NO. The second kappa shape index (κ2) is 8.66. The standard InChI is InChI=1S/C13H25NO/c1-4-11(3)10-13(15)7-6-12(5-2)8-9-14/h12H,3-10,14H2,1-2H3. The minimum absolute atomic E-state index is 0.331. The third kappa shape index (κ3) is 7.32. The van der Waals surface area contributed by atoms with E-state index in [0.29, 0.717) is 24.5 Å². The van der Waals surface area contributed by atoms with Gasteiger partial charge in [-0.1, -0.05) is 32.4 Å². The molecule has 0 spiro atoms. The highest BCUT2D eigenvalue weighted by Gasteiger charge is 2.09. The average molecular weight is 211 g/mol. The lowest BCUT2D eigenvalue weighted by Gasteiger charge is -2.12. The number of nitrogens with two attached hydrogens (primary N) is 1. The molecule has 1 atom stereocenters. The number of allylic oxidation sites excluding steroid dienone is 1. The first-order valence-electron chi connectivity index (χ1n) is 6.02. The van der Waals surface area contributed by atoms with Crippen LogP contribution < -0.4 is 5.73 Å². The average Bonchev–Trinajstić information content (AvgIpc) is 2.23. The number of carbonyl (C=O) groups is 1. The Morgan fingerprint density at radius 3 is 2.47 bits per heavy atom. The van der Waals surface area contributed by atoms with Crippen LogP contribution in [0.4, 0.5) is 0 Å². The minimum atomic E-state index is 0.331. The maximum Gasteiger partial charge on any atom is 0.136 e. The van der Waals surface area contributed by atoms with Crippen LogP contribution in [0.25, 0.3) is 0 Å². The Bertz CT molecular complexity index is 199. The van der Waals surface area contributed by atoms with Gasteiger partial charge < -0.3 is 5.73 Å². The first-order chi connectivity index (χ1) is 7.13. The molecule has 0 aliphatic carbocycles. The predicted molar refractivity (Wildman–Crippen MR) is 65.7 cm³/mol. The summed E-state index contributed by atoms with van der Waals surface area (Å²) in [7, 11) is 0. The molecular weight excluding hydrogens is 186 g/mol. The van der Waals surface area contributed by atoms with E-state index in [2.05, 4.69) is 13.5 Å². The van der Waals surface area contributed by atoms with Gasteiger partial charge in [0.25, 0.3) is 0 Å². The Balaban J connectivity index is 3.72. The molecule has 0 bridgehead atoms. The summed E-state index contributed by atoms with van der Waals surface area (Å²) in [6.45, 7) is 8.79. The third-order valence-corrected chi connectivity index (χ3v) is 2.93. The predicted octanol–water partition coefficient (Wildman–Crippen LogP) is 3.07. The molecule has 2 heteroatoms. The zero-order valence-electron chi connectivity index (χ0n) is 10.2. The molecule has 0 fully saturated rings. The molecule has 0 radical (unpaired) electrons. The summed E-state index contributed by atoms with van der Waals surface area (Å²) < 4.78 is 0. The highest BCUT2D eigenvalue weighted by Crippen LogP contribution is 2.16. The Kier molecular flexibility index (Phi) is 8.30. The Morgan fingerprint density at radius 2 is 2.00 bits per heavy atom. The SMILES string of the molecule is C=C(CC)CC(=O)CCC(CC)CCN. The third-order valence-electron chi connectivity index (χ3n) is 2.93. The quantitative estimate of drug-likeness (QED) is 0.596. The minimum Gasteiger partial charge on any atom is -0.330 e. The van der Waals surface area contributed by atoms with Crippen LogP contribution in [0.2, 0.25) is 0 Å². The maximum absolute atomic E-state index is 11.5. The molecule has 0 heterocycles. The van der Waals surface area contributed by atoms with Crippen LogP contribution in [0.1, 0.15) is 52.4 Å². The van der Waals surface area contributed by atoms with Crippen molar-refractivity contribution in [3.8, 4) is 0 Å². The van der Waals surface area contributed by atoms with E-state index in [1.165, 1.54) is 0 Å². The van der Waals surface area contributed by atoms with E-state index in [1.54, 1.807) is 0 Å². The molecule has 0 amide bonds. The van der Waals surface area contributed by atoms with Gasteiger partial charge in [0.1, 0.15) is 5.78 Å². The summed E-state index contributed by atoms with van der Waals surface area (Å²) in [6.07, 6.45) is 5.32. The molecule has 1 unspecified atom stereocenters. The monoisotopic (exact) mass is 211 g/mol. The maximum atomic E-state index is 11.5. The van der Waals surface area contributed by atoms with Crippen molar-refractivity contribution < 1.29 is 4.79 Å². The second-order valence-corrected chi connectivity index (χ2v) is 4.21. The van der Waals surface area contributed by atoms with Gasteiger partial charge in [0.15, 0.2) is 0 Å². The molecule has 0 rings (SSSR count). The first kappa shape index (κ1) is 14.4. The number of ketones is 1. The Labute approximate surface area is 93.9 Å². The van der Waals surface area contributed by atoms with E-state index in [1.807, 2.05) is 6.92 Å². The van der Waals surface area contributed by atoms with Crippen molar-refractivity contribution >= 4 is 5.78 Å². The summed E-state index contributed by atoms with van der Waals surface area (Å²) in [4.78, 5) is 11.5. The van der Waals surface area contributed by atoms with Gasteiger partial charge in [-0.2, -0.15) is 0 Å². The van der Waals surface area contributed by atoms with Crippen molar-refractivity contribution in [3.63, 3.8) is 0 Å². The molecule has 0 saturated carbocycles. The van der Waals surface area contributed by atoms with Gasteiger partial charge in [-0.25, -0.2) is 0 Å². The molecule has 2 nitrogen and oxygen atoms in total. The first-order valence-corrected chi connectivity index (χ1v) is 6.02. The Hall–Kier alpha value is -0.630. The molecule has 0 aromatic heterocycles. The number of rotatable bonds is 9. The van der Waals surface area contributed by atoms with Crippen molar-refractivity contribution in [3.05, 3.63) is 12.2 Å². The van der Waals surface area contributed by atoms with E-state index in [0.717, 1.165) is 37.8 Å². The Morgan fingerprint density at radius 1 is 1.33 bits per heavy atom. The fraction of sp³-hybridized carbons (Fsp3) is 0.769. The fourth-order valence-electron chi connectivity index (χ4n) is 1.65. The molecule has 0 aromatic carbocycles. The van der Waals surface area contributed by atoms with E-state index in [9.17, 15) is 4.79 Å². The molecule has 15 heavy (non-hydrogen) atoms. The summed E-state index contributed by atoms with van der Waals surface area (Å²) in [5, 5.41) is 0.